The van der Waals surface area contributed by atoms with E-state index in [1.807, 2.05) is 29.6 Å². The summed E-state index contributed by atoms with van der Waals surface area (Å²) in [5.74, 6) is -1.62. The molecule has 0 spiro atoms. The van der Waals surface area contributed by atoms with Crippen LogP contribution in [0.15, 0.2) is 30.3 Å². The van der Waals surface area contributed by atoms with E-state index in [0.29, 0.717) is 4.88 Å². The van der Waals surface area contributed by atoms with Crippen molar-refractivity contribution in [3.05, 3.63) is 35.2 Å². The van der Waals surface area contributed by atoms with Gasteiger partial charge in [-0.2, -0.15) is 0 Å². The van der Waals surface area contributed by atoms with Gasteiger partial charge in [0.2, 0.25) is 0 Å². The molecule has 2 rings (SSSR count). The highest BCUT2D eigenvalue weighted by Crippen LogP contribution is 2.26. The molecule has 116 valence electrons. The summed E-state index contributed by atoms with van der Waals surface area (Å²) in [5, 5.41) is 2.87. The molecular formula is C15H16N2O4S. The van der Waals surface area contributed by atoms with Crippen molar-refractivity contribution in [3.8, 4) is 0 Å². The highest BCUT2D eigenvalue weighted by molar-refractivity contribution is 7.20. The number of rotatable bonds is 4. The Hall–Kier alpha value is -2.41. The Labute approximate surface area is 131 Å². The van der Waals surface area contributed by atoms with Crippen LogP contribution in [0.5, 0.6) is 0 Å². The van der Waals surface area contributed by atoms with E-state index >= 15 is 0 Å². The van der Waals surface area contributed by atoms with Gasteiger partial charge in [0, 0.05) is 4.70 Å². The summed E-state index contributed by atoms with van der Waals surface area (Å²) in [5.41, 5.74) is 4.91. The van der Waals surface area contributed by atoms with E-state index in [4.69, 9.17) is 10.5 Å². The van der Waals surface area contributed by atoms with E-state index in [9.17, 15) is 14.4 Å². The maximum absolute atomic E-state index is 12.2. The number of hydrogen-bond acceptors (Lipinski definition) is 5. The van der Waals surface area contributed by atoms with Crippen LogP contribution in [0.3, 0.4) is 0 Å². The molecule has 0 saturated heterocycles. The molecule has 6 nitrogen and oxygen atoms in total. The first-order chi connectivity index (χ1) is 10.4. The molecule has 22 heavy (non-hydrogen) atoms. The molecule has 0 bridgehead atoms. The van der Waals surface area contributed by atoms with Crippen molar-refractivity contribution in [1.82, 2.24) is 5.32 Å². The molecule has 3 N–H and O–H groups in total. The van der Waals surface area contributed by atoms with Gasteiger partial charge in [-0.3, -0.25) is 10.1 Å². The van der Waals surface area contributed by atoms with Gasteiger partial charge in [-0.05, 0) is 23.4 Å². The molecule has 0 aliphatic rings. The fraction of sp³-hybridized carbons (Fsp3) is 0.267. The van der Waals surface area contributed by atoms with E-state index in [2.05, 4.69) is 0 Å². The Morgan fingerprint density at radius 2 is 1.91 bits per heavy atom. The van der Waals surface area contributed by atoms with E-state index < -0.39 is 24.0 Å². The summed E-state index contributed by atoms with van der Waals surface area (Å²) < 4.78 is 6.20. The summed E-state index contributed by atoms with van der Waals surface area (Å²) in [7, 11) is 0. The number of nitrogens with one attached hydrogen (secondary N) is 1. The number of hydrogen-bond donors (Lipinski definition) is 2. The average Bonchev–Trinajstić information content (AvgIpc) is 2.87. The lowest BCUT2D eigenvalue weighted by molar-refractivity contribution is -0.130. The number of nitrogens with two attached hydrogens (primary N) is 1. The van der Waals surface area contributed by atoms with Crippen molar-refractivity contribution in [2.75, 3.05) is 0 Å². The van der Waals surface area contributed by atoms with Gasteiger partial charge >= 0.3 is 12.0 Å². The summed E-state index contributed by atoms with van der Waals surface area (Å²) in [6, 6.07) is 8.28. The van der Waals surface area contributed by atoms with E-state index in [0.717, 1.165) is 10.1 Å². The van der Waals surface area contributed by atoms with Crippen molar-refractivity contribution < 1.29 is 19.1 Å². The molecule has 7 heteroatoms. The van der Waals surface area contributed by atoms with Gasteiger partial charge < -0.3 is 10.5 Å². The molecule has 0 fully saturated rings. The van der Waals surface area contributed by atoms with Gasteiger partial charge in [0.15, 0.2) is 6.10 Å². The quantitative estimate of drug-likeness (QED) is 0.844. The second-order valence-electron chi connectivity index (χ2n) is 5.07. The Balaban J connectivity index is 2.17. The number of ether oxygens (including phenoxy) is 1. The highest BCUT2D eigenvalue weighted by Gasteiger charge is 2.28. The zero-order valence-corrected chi connectivity index (χ0v) is 13.0. The molecule has 1 atom stereocenters. The fourth-order valence-corrected chi connectivity index (χ4v) is 2.89. The van der Waals surface area contributed by atoms with Crippen LogP contribution in [0.25, 0.3) is 10.1 Å². The van der Waals surface area contributed by atoms with Gasteiger partial charge in [-0.25, -0.2) is 9.59 Å². The molecule has 0 saturated carbocycles. The van der Waals surface area contributed by atoms with Crippen LogP contribution in [-0.4, -0.2) is 24.0 Å². The zero-order chi connectivity index (χ0) is 16.3. The minimum Gasteiger partial charge on any atom is -0.448 e. The van der Waals surface area contributed by atoms with E-state index in [1.165, 1.54) is 11.3 Å². The summed E-state index contributed by atoms with van der Waals surface area (Å²) >= 11 is 1.29. The predicted molar refractivity (Wildman–Crippen MR) is 83.6 cm³/mol. The van der Waals surface area contributed by atoms with Crippen LogP contribution in [0.2, 0.25) is 0 Å². The lowest BCUT2D eigenvalue weighted by Crippen LogP contribution is -2.45. The Bertz CT molecular complexity index is 690. The number of carbonyl (C=O) groups excluding carboxylic acids is 3. The minimum absolute atomic E-state index is 0.294. The molecule has 0 aliphatic heterocycles. The number of carbonyl (C=O) groups is 3. The average molecular weight is 320 g/mol. The number of amides is 3. The first-order valence-corrected chi connectivity index (χ1v) is 7.50. The number of esters is 1. The second kappa shape index (κ2) is 6.57. The molecular weight excluding hydrogens is 304 g/mol. The van der Waals surface area contributed by atoms with Crippen LogP contribution in [0.1, 0.15) is 23.5 Å². The molecule has 3 amide bonds. The Morgan fingerprint density at radius 1 is 1.23 bits per heavy atom. The lowest BCUT2D eigenvalue weighted by Gasteiger charge is -2.19. The normalized spacial score (nSPS) is 12.1. The molecule has 1 aromatic heterocycles. The number of fused-ring (bicyclic) bond motifs is 1. The molecule has 1 aromatic carbocycles. The van der Waals surface area contributed by atoms with Gasteiger partial charge in [-0.15, -0.1) is 11.3 Å². The topological polar surface area (TPSA) is 98.5 Å². The maximum Gasteiger partial charge on any atom is 0.349 e. The van der Waals surface area contributed by atoms with Crippen molar-refractivity contribution in [2.24, 2.45) is 11.7 Å². The second-order valence-corrected chi connectivity index (χ2v) is 6.16. The van der Waals surface area contributed by atoms with E-state index in [1.54, 1.807) is 19.9 Å². The van der Waals surface area contributed by atoms with Crippen molar-refractivity contribution in [3.63, 3.8) is 0 Å². The van der Waals surface area contributed by atoms with Gasteiger partial charge in [0.1, 0.15) is 4.88 Å². The van der Waals surface area contributed by atoms with E-state index in [-0.39, 0.29) is 5.92 Å². The monoisotopic (exact) mass is 320 g/mol. The van der Waals surface area contributed by atoms with Crippen molar-refractivity contribution in [1.29, 1.82) is 0 Å². The standard InChI is InChI=1S/C15H16N2O4S/c1-8(2)12(13(18)17-15(16)20)21-14(19)11-7-9-5-3-4-6-10(9)22-11/h3-8,12H,1-2H3,(H3,16,17,18,20)/t12-/m1/s1. The van der Waals surface area contributed by atoms with Crippen LogP contribution < -0.4 is 11.1 Å². The lowest BCUT2D eigenvalue weighted by atomic mass is 10.1. The SMILES string of the molecule is CC(C)[C@@H](OC(=O)c1cc2ccccc2s1)C(=O)NC(N)=O. The zero-order valence-electron chi connectivity index (χ0n) is 12.2. The molecule has 0 aliphatic carbocycles. The van der Waals surface area contributed by atoms with Gasteiger partial charge in [0.25, 0.3) is 5.91 Å². The maximum atomic E-state index is 12.2. The molecule has 2 aromatic rings. The number of urea groups is 1. The summed E-state index contributed by atoms with van der Waals surface area (Å²) in [6.07, 6.45) is -1.08. The number of benzene rings is 1. The number of thiophene rings is 1. The minimum atomic E-state index is -1.08. The third-order valence-electron chi connectivity index (χ3n) is 2.97. The van der Waals surface area contributed by atoms with Crippen LogP contribution in [-0.2, 0) is 9.53 Å². The predicted octanol–water partition coefficient (Wildman–Crippen LogP) is 2.28. The van der Waals surface area contributed by atoms with Gasteiger partial charge in [-0.1, -0.05) is 32.0 Å². The smallest absolute Gasteiger partial charge is 0.349 e. The molecule has 0 radical (unpaired) electrons. The van der Waals surface area contributed by atoms with Crippen LogP contribution in [0.4, 0.5) is 4.79 Å². The number of imide groups is 1. The fourth-order valence-electron chi connectivity index (χ4n) is 1.94. The Morgan fingerprint density at radius 3 is 2.50 bits per heavy atom. The van der Waals surface area contributed by atoms with Crippen LogP contribution in [0, 0.1) is 5.92 Å². The third kappa shape index (κ3) is 3.62. The summed E-state index contributed by atoms with van der Waals surface area (Å²) in [6.45, 7) is 3.42. The first kappa shape index (κ1) is 16.0. The third-order valence-corrected chi connectivity index (χ3v) is 4.07. The molecule has 0 unspecified atom stereocenters. The largest absolute Gasteiger partial charge is 0.448 e. The number of primary amides is 1. The van der Waals surface area contributed by atoms with Crippen molar-refractivity contribution in [2.45, 2.75) is 20.0 Å². The first-order valence-electron chi connectivity index (χ1n) is 6.68. The van der Waals surface area contributed by atoms with Crippen LogP contribution >= 0.6 is 11.3 Å². The summed E-state index contributed by atoms with van der Waals surface area (Å²) in [4.78, 5) is 35.2. The van der Waals surface area contributed by atoms with Gasteiger partial charge in [0.05, 0.1) is 0 Å². The molecule has 1 heterocycles. The highest BCUT2D eigenvalue weighted by atomic mass is 32.1. The van der Waals surface area contributed by atoms with Crippen molar-refractivity contribution >= 4 is 39.3 Å². The Kier molecular flexibility index (Phi) is 4.77.